The zero-order chi connectivity index (χ0) is 13.7. The van der Waals surface area contributed by atoms with Crippen LogP contribution in [0.3, 0.4) is 0 Å². The van der Waals surface area contributed by atoms with Crippen molar-refractivity contribution in [1.82, 2.24) is 4.90 Å². The molecule has 106 valence electrons. The summed E-state index contributed by atoms with van der Waals surface area (Å²) in [6, 6.07) is 8.27. The minimum atomic E-state index is -0.233. The van der Waals surface area contributed by atoms with Crippen LogP contribution in [0.5, 0.6) is 5.75 Å². The average Bonchev–Trinajstić information content (AvgIpc) is 2.98. The van der Waals surface area contributed by atoms with E-state index in [9.17, 15) is 9.90 Å². The number of fused-ring (bicyclic) bond motifs is 3. The van der Waals surface area contributed by atoms with E-state index < -0.39 is 0 Å². The predicted octanol–water partition coefficient (Wildman–Crippen LogP) is 1.68. The van der Waals surface area contributed by atoms with E-state index in [-0.39, 0.29) is 30.0 Å². The Hall–Kier alpha value is -1.55. The fourth-order valence-corrected chi connectivity index (χ4v) is 4.06. The molecule has 0 aromatic heterocycles. The standard InChI is InChI=1S/C16H19NO3/c18-12-7-10-5-6-11(8-12)17(10)16(19)14-9-20-15-4-2-1-3-13(14)15/h1-4,10-12,14,18H,5-9H2. The first-order valence-corrected chi connectivity index (χ1v) is 7.46. The third kappa shape index (κ3) is 1.74. The number of carbonyl (C=O) groups is 1. The second kappa shape index (κ2) is 4.48. The van der Waals surface area contributed by atoms with Crippen molar-refractivity contribution in [2.24, 2.45) is 0 Å². The van der Waals surface area contributed by atoms with Gasteiger partial charge >= 0.3 is 0 Å². The molecule has 4 rings (SSSR count). The zero-order valence-corrected chi connectivity index (χ0v) is 11.4. The van der Waals surface area contributed by atoms with Gasteiger partial charge in [0, 0.05) is 17.6 Å². The lowest BCUT2D eigenvalue weighted by molar-refractivity contribution is -0.139. The first-order chi connectivity index (χ1) is 9.74. The van der Waals surface area contributed by atoms with Gasteiger partial charge in [-0.25, -0.2) is 0 Å². The molecule has 20 heavy (non-hydrogen) atoms. The molecule has 2 bridgehead atoms. The van der Waals surface area contributed by atoms with E-state index >= 15 is 0 Å². The van der Waals surface area contributed by atoms with Crippen LogP contribution in [0, 0.1) is 0 Å². The normalized spacial score (nSPS) is 34.8. The molecule has 4 nitrogen and oxygen atoms in total. The molecule has 3 atom stereocenters. The van der Waals surface area contributed by atoms with Crippen molar-refractivity contribution >= 4 is 5.91 Å². The lowest BCUT2D eigenvalue weighted by Crippen LogP contribution is -2.49. The highest BCUT2D eigenvalue weighted by molar-refractivity contribution is 5.86. The number of hydrogen-bond acceptors (Lipinski definition) is 3. The van der Waals surface area contributed by atoms with Gasteiger partial charge in [0.25, 0.3) is 0 Å². The SMILES string of the molecule is O=C(C1COc2ccccc21)N1C2CCC1CC(O)C2. The number of benzene rings is 1. The van der Waals surface area contributed by atoms with Gasteiger partial charge in [0.1, 0.15) is 18.3 Å². The molecule has 1 N–H and O–H groups in total. The van der Waals surface area contributed by atoms with Crippen molar-refractivity contribution in [2.45, 2.75) is 49.8 Å². The molecule has 0 radical (unpaired) electrons. The molecule has 3 unspecified atom stereocenters. The van der Waals surface area contributed by atoms with Crippen LogP contribution in [0.4, 0.5) is 0 Å². The number of hydrogen-bond donors (Lipinski definition) is 1. The Balaban J connectivity index is 1.60. The van der Waals surface area contributed by atoms with Gasteiger partial charge in [-0.15, -0.1) is 0 Å². The van der Waals surface area contributed by atoms with Crippen molar-refractivity contribution in [3.8, 4) is 5.75 Å². The maximum Gasteiger partial charge on any atom is 0.234 e. The van der Waals surface area contributed by atoms with Crippen LogP contribution in [-0.4, -0.2) is 40.7 Å². The number of para-hydroxylation sites is 1. The van der Waals surface area contributed by atoms with Crippen LogP contribution in [0.1, 0.15) is 37.2 Å². The summed E-state index contributed by atoms with van der Waals surface area (Å²) in [5.41, 5.74) is 1.02. The van der Waals surface area contributed by atoms with Crippen molar-refractivity contribution in [3.05, 3.63) is 29.8 Å². The van der Waals surface area contributed by atoms with Gasteiger partial charge in [0.2, 0.25) is 5.91 Å². The van der Waals surface area contributed by atoms with E-state index in [0.717, 1.165) is 37.0 Å². The molecule has 0 saturated carbocycles. The summed E-state index contributed by atoms with van der Waals surface area (Å²) >= 11 is 0. The summed E-state index contributed by atoms with van der Waals surface area (Å²) in [4.78, 5) is 14.9. The molecule has 3 heterocycles. The van der Waals surface area contributed by atoms with E-state index in [1.54, 1.807) is 0 Å². The Morgan fingerprint density at radius 1 is 1.20 bits per heavy atom. The Labute approximate surface area is 118 Å². The van der Waals surface area contributed by atoms with Crippen molar-refractivity contribution < 1.29 is 14.6 Å². The first-order valence-electron chi connectivity index (χ1n) is 7.46. The highest BCUT2D eigenvalue weighted by Crippen LogP contribution is 2.41. The molecule has 1 amide bonds. The third-order valence-electron chi connectivity index (χ3n) is 4.96. The van der Waals surface area contributed by atoms with Gasteiger partial charge in [-0.05, 0) is 31.7 Å². The van der Waals surface area contributed by atoms with E-state index in [4.69, 9.17) is 4.74 Å². The second-order valence-corrected chi connectivity index (χ2v) is 6.16. The monoisotopic (exact) mass is 273 g/mol. The van der Waals surface area contributed by atoms with Crippen LogP contribution in [0.2, 0.25) is 0 Å². The van der Waals surface area contributed by atoms with Crippen LogP contribution in [0.15, 0.2) is 24.3 Å². The summed E-state index contributed by atoms with van der Waals surface area (Å²) in [5, 5.41) is 9.85. The second-order valence-electron chi connectivity index (χ2n) is 6.16. The molecule has 1 aromatic rings. The van der Waals surface area contributed by atoms with Gasteiger partial charge in [-0.3, -0.25) is 4.79 Å². The molecule has 2 saturated heterocycles. The van der Waals surface area contributed by atoms with Crippen molar-refractivity contribution in [1.29, 1.82) is 0 Å². The average molecular weight is 273 g/mol. The summed E-state index contributed by atoms with van der Waals surface area (Å²) in [7, 11) is 0. The number of nitrogens with zero attached hydrogens (tertiary/aromatic N) is 1. The summed E-state index contributed by atoms with van der Waals surface area (Å²) in [6.45, 7) is 0.455. The molecular weight excluding hydrogens is 254 g/mol. The van der Waals surface area contributed by atoms with Gasteiger partial charge < -0.3 is 14.7 Å². The highest BCUT2D eigenvalue weighted by atomic mass is 16.5. The van der Waals surface area contributed by atoms with Crippen molar-refractivity contribution in [3.63, 3.8) is 0 Å². The van der Waals surface area contributed by atoms with Gasteiger partial charge in [-0.2, -0.15) is 0 Å². The molecule has 2 fully saturated rings. The fraction of sp³-hybridized carbons (Fsp3) is 0.562. The lowest BCUT2D eigenvalue weighted by Gasteiger charge is -2.38. The first kappa shape index (κ1) is 12.2. The Kier molecular flexibility index (Phi) is 2.74. The fourth-order valence-electron chi connectivity index (χ4n) is 4.06. The minimum absolute atomic E-state index is 0.162. The quantitative estimate of drug-likeness (QED) is 0.847. The molecule has 0 aliphatic carbocycles. The number of rotatable bonds is 1. The number of aliphatic hydroxyl groups is 1. The van der Waals surface area contributed by atoms with Gasteiger partial charge in [0.15, 0.2) is 0 Å². The van der Waals surface area contributed by atoms with E-state index in [1.807, 2.05) is 29.2 Å². The number of carbonyl (C=O) groups excluding carboxylic acids is 1. The summed E-state index contributed by atoms with van der Waals surface area (Å²) in [5.74, 6) is 0.870. The van der Waals surface area contributed by atoms with E-state index in [2.05, 4.69) is 0 Å². The molecule has 1 aromatic carbocycles. The maximum atomic E-state index is 12.9. The number of amides is 1. The number of aliphatic hydroxyl groups excluding tert-OH is 1. The highest BCUT2D eigenvalue weighted by Gasteiger charge is 2.46. The third-order valence-corrected chi connectivity index (χ3v) is 4.96. The number of ether oxygens (including phenoxy) is 1. The van der Waals surface area contributed by atoms with Crippen molar-refractivity contribution in [2.75, 3.05) is 6.61 Å². The Morgan fingerprint density at radius 3 is 2.65 bits per heavy atom. The number of piperidine rings is 1. The molecular formula is C16H19NO3. The lowest BCUT2D eigenvalue weighted by atomic mass is 9.94. The topological polar surface area (TPSA) is 49.8 Å². The molecule has 3 aliphatic rings. The van der Waals surface area contributed by atoms with Crippen LogP contribution < -0.4 is 4.74 Å². The molecule has 0 spiro atoms. The van der Waals surface area contributed by atoms with Crippen LogP contribution in [-0.2, 0) is 4.79 Å². The van der Waals surface area contributed by atoms with Gasteiger partial charge in [-0.1, -0.05) is 18.2 Å². The smallest absolute Gasteiger partial charge is 0.234 e. The summed E-state index contributed by atoms with van der Waals surface area (Å²) in [6.07, 6.45) is 3.30. The van der Waals surface area contributed by atoms with E-state index in [1.165, 1.54) is 0 Å². The predicted molar refractivity (Wildman–Crippen MR) is 73.6 cm³/mol. The van der Waals surface area contributed by atoms with E-state index in [0.29, 0.717) is 6.61 Å². The van der Waals surface area contributed by atoms with Crippen LogP contribution >= 0.6 is 0 Å². The Morgan fingerprint density at radius 2 is 1.90 bits per heavy atom. The molecule has 4 heteroatoms. The zero-order valence-electron chi connectivity index (χ0n) is 11.4. The van der Waals surface area contributed by atoms with Gasteiger partial charge in [0.05, 0.1) is 6.10 Å². The summed E-state index contributed by atoms with van der Waals surface area (Å²) < 4.78 is 5.64. The van der Waals surface area contributed by atoms with Crippen LogP contribution in [0.25, 0.3) is 0 Å². The minimum Gasteiger partial charge on any atom is -0.492 e. The maximum absolute atomic E-state index is 12.9. The molecule has 3 aliphatic heterocycles. The Bertz CT molecular complexity index is 530. The largest absolute Gasteiger partial charge is 0.492 e.